The molecule has 0 aromatic heterocycles. The quantitative estimate of drug-likeness (QED) is 0.906. The summed E-state index contributed by atoms with van der Waals surface area (Å²) in [5.74, 6) is -0.726. The summed E-state index contributed by atoms with van der Waals surface area (Å²) in [6, 6.07) is 8.97. The van der Waals surface area contributed by atoms with Crippen molar-refractivity contribution in [2.45, 2.75) is 6.54 Å². The Morgan fingerprint density at radius 3 is 2.58 bits per heavy atom. The Balaban J connectivity index is 2.13. The van der Waals surface area contributed by atoms with E-state index in [1.807, 2.05) is 0 Å². The van der Waals surface area contributed by atoms with Gasteiger partial charge in [0.15, 0.2) is 11.6 Å². The summed E-state index contributed by atoms with van der Waals surface area (Å²) in [6.07, 6.45) is 0. The lowest BCUT2D eigenvalue weighted by atomic mass is 10.2. The summed E-state index contributed by atoms with van der Waals surface area (Å²) in [5, 5.41) is 3.13. The topological polar surface area (TPSA) is 21.3 Å². The summed E-state index contributed by atoms with van der Waals surface area (Å²) in [7, 11) is 1.40. The number of rotatable bonds is 4. The standard InChI is InChI=1S/C14H12ClF2NO/c1-19-13-6-5-9(7-12(13)17)8-18-14-10(15)3-2-4-11(14)16/h2-7,18H,8H2,1H3. The lowest BCUT2D eigenvalue weighted by molar-refractivity contribution is 0.386. The van der Waals surface area contributed by atoms with Crippen LogP contribution in [0.5, 0.6) is 5.75 Å². The normalized spacial score (nSPS) is 10.3. The molecule has 2 aromatic rings. The Labute approximate surface area is 115 Å². The Kier molecular flexibility index (Phi) is 4.22. The van der Waals surface area contributed by atoms with E-state index in [-0.39, 0.29) is 23.0 Å². The first-order chi connectivity index (χ1) is 9.11. The maximum absolute atomic E-state index is 13.5. The average molecular weight is 284 g/mol. The third-order valence-corrected chi connectivity index (χ3v) is 2.96. The molecule has 2 rings (SSSR count). The number of anilines is 1. The first-order valence-electron chi connectivity index (χ1n) is 5.62. The Morgan fingerprint density at radius 2 is 1.95 bits per heavy atom. The Bertz CT molecular complexity index is 569. The first-order valence-corrected chi connectivity index (χ1v) is 6.00. The molecular weight excluding hydrogens is 272 g/mol. The van der Waals surface area contributed by atoms with Gasteiger partial charge in [-0.15, -0.1) is 0 Å². The van der Waals surface area contributed by atoms with E-state index in [9.17, 15) is 8.78 Å². The van der Waals surface area contributed by atoms with Crippen molar-refractivity contribution in [3.05, 3.63) is 58.6 Å². The molecule has 0 unspecified atom stereocenters. The van der Waals surface area contributed by atoms with E-state index in [1.54, 1.807) is 12.1 Å². The molecule has 0 saturated carbocycles. The molecular formula is C14H12ClF2NO. The van der Waals surface area contributed by atoms with Gasteiger partial charge in [0, 0.05) is 6.54 Å². The molecule has 0 atom stereocenters. The highest BCUT2D eigenvalue weighted by Gasteiger charge is 2.07. The van der Waals surface area contributed by atoms with Gasteiger partial charge in [-0.1, -0.05) is 23.7 Å². The molecule has 0 aliphatic rings. The lowest BCUT2D eigenvalue weighted by Gasteiger charge is -2.10. The van der Waals surface area contributed by atoms with Gasteiger partial charge >= 0.3 is 0 Å². The van der Waals surface area contributed by atoms with Crippen molar-refractivity contribution in [1.29, 1.82) is 0 Å². The number of ether oxygens (including phenoxy) is 1. The fourth-order valence-electron chi connectivity index (χ4n) is 1.68. The van der Waals surface area contributed by atoms with Gasteiger partial charge in [-0.2, -0.15) is 0 Å². The highest BCUT2D eigenvalue weighted by Crippen LogP contribution is 2.25. The van der Waals surface area contributed by atoms with E-state index in [1.165, 1.54) is 31.4 Å². The zero-order valence-electron chi connectivity index (χ0n) is 10.2. The molecule has 2 nitrogen and oxygen atoms in total. The summed E-state index contributed by atoms with van der Waals surface area (Å²) < 4.78 is 31.8. The van der Waals surface area contributed by atoms with Crippen molar-refractivity contribution in [3.8, 4) is 5.75 Å². The second-order valence-electron chi connectivity index (χ2n) is 3.92. The largest absolute Gasteiger partial charge is 0.494 e. The van der Waals surface area contributed by atoms with Gasteiger partial charge in [0.2, 0.25) is 0 Å². The van der Waals surface area contributed by atoms with Gasteiger partial charge in [0.05, 0.1) is 17.8 Å². The third-order valence-electron chi connectivity index (χ3n) is 2.65. The molecule has 0 fully saturated rings. The van der Waals surface area contributed by atoms with Crippen LogP contribution in [0.1, 0.15) is 5.56 Å². The van der Waals surface area contributed by atoms with Crippen LogP contribution in [0.3, 0.4) is 0 Å². The summed E-state index contributed by atoms with van der Waals surface area (Å²) in [4.78, 5) is 0. The Morgan fingerprint density at radius 1 is 1.16 bits per heavy atom. The molecule has 1 N–H and O–H groups in total. The number of methoxy groups -OCH3 is 1. The first kappa shape index (κ1) is 13.6. The van der Waals surface area contributed by atoms with Crippen LogP contribution in [0.25, 0.3) is 0 Å². The van der Waals surface area contributed by atoms with E-state index in [0.717, 1.165) is 0 Å². The molecule has 19 heavy (non-hydrogen) atoms. The van der Waals surface area contributed by atoms with E-state index in [4.69, 9.17) is 16.3 Å². The Hall–Kier alpha value is -1.81. The highest BCUT2D eigenvalue weighted by molar-refractivity contribution is 6.33. The zero-order chi connectivity index (χ0) is 13.8. The molecule has 0 aliphatic carbocycles. The molecule has 0 spiro atoms. The van der Waals surface area contributed by atoms with E-state index in [2.05, 4.69) is 5.32 Å². The number of para-hydroxylation sites is 1. The maximum atomic E-state index is 13.5. The molecule has 0 radical (unpaired) electrons. The predicted octanol–water partition coefficient (Wildman–Crippen LogP) is 4.24. The van der Waals surface area contributed by atoms with E-state index >= 15 is 0 Å². The van der Waals surface area contributed by atoms with Crippen LogP contribution in [0.15, 0.2) is 36.4 Å². The SMILES string of the molecule is COc1ccc(CNc2c(F)cccc2Cl)cc1F. The monoisotopic (exact) mass is 283 g/mol. The van der Waals surface area contributed by atoms with Gasteiger partial charge < -0.3 is 10.1 Å². The fourth-order valence-corrected chi connectivity index (χ4v) is 1.91. The van der Waals surface area contributed by atoms with Gasteiger partial charge in [0.25, 0.3) is 0 Å². The summed E-state index contributed by atoms with van der Waals surface area (Å²) in [5.41, 5.74) is 0.873. The minimum Gasteiger partial charge on any atom is -0.494 e. The number of hydrogen-bond acceptors (Lipinski definition) is 2. The average Bonchev–Trinajstić information content (AvgIpc) is 2.38. The van der Waals surface area contributed by atoms with Crippen LogP contribution in [0, 0.1) is 11.6 Å². The predicted molar refractivity (Wildman–Crippen MR) is 71.7 cm³/mol. The molecule has 0 amide bonds. The van der Waals surface area contributed by atoms with Crippen molar-refractivity contribution in [3.63, 3.8) is 0 Å². The van der Waals surface area contributed by atoms with Crippen LogP contribution >= 0.6 is 11.6 Å². The van der Waals surface area contributed by atoms with Gasteiger partial charge in [-0.3, -0.25) is 0 Å². The maximum Gasteiger partial charge on any atom is 0.165 e. The van der Waals surface area contributed by atoms with Crippen molar-refractivity contribution in [2.75, 3.05) is 12.4 Å². The van der Waals surface area contributed by atoms with Crippen LogP contribution in [-0.4, -0.2) is 7.11 Å². The van der Waals surface area contributed by atoms with Gasteiger partial charge in [0.1, 0.15) is 5.82 Å². The number of halogens is 3. The summed E-state index contributed by atoms with van der Waals surface area (Å²) >= 11 is 5.88. The highest BCUT2D eigenvalue weighted by atomic mass is 35.5. The zero-order valence-corrected chi connectivity index (χ0v) is 11.0. The van der Waals surface area contributed by atoms with Gasteiger partial charge in [-0.25, -0.2) is 8.78 Å². The number of benzene rings is 2. The second kappa shape index (κ2) is 5.89. The fraction of sp³-hybridized carbons (Fsp3) is 0.143. The number of hydrogen-bond donors (Lipinski definition) is 1. The minimum atomic E-state index is -0.457. The van der Waals surface area contributed by atoms with E-state index < -0.39 is 11.6 Å². The summed E-state index contributed by atoms with van der Waals surface area (Å²) in [6.45, 7) is 0.265. The van der Waals surface area contributed by atoms with Crippen LogP contribution < -0.4 is 10.1 Å². The minimum absolute atomic E-state index is 0.174. The van der Waals surface area contributed by atoms with Crippen LogP contribution in [-0.2, 0) is 6.54 Å². The second-order valence-corrected chi connectivity index (χ2v) is 4.33. The molecule has 0 bridgehead atoms. The van der Waals surface area contributed by atoms with Crippen molar-refractivity contribution >= 4 is 17.3 Å². The molecule has 2 aromatic carbocycles. The van der Waals surface area contributed by atoms with Crippen molar-refractivity contribution in [2.24, 2.45) is 0 Å². The number of nitrogens with one attached hydrogen (secondary N) is 1. The molecule has 0 aliphatic heterocycles. The molecule has 5 heteroatoms. The lowest BCUT2D eigenvalue weighted by Crippen LogP contribution is -2.03. The van der Waals surface area contributed by atoms with Crippen molar-refractivity contribution in [1.82, 2.24) is 0 Å². The van der Waals surface area contributed by atoms with Crippen molar-refractivity contribution < 1.29 is 13.5 Å². The van der Waals surface area contributed by atoms with E-state index in [0.29, 0.717) is 5.56 Å². The molecule has 0 heterocycles. The third kappa shape index (κ3) is 3.15. The van der Waals surface area contributed by atoms with Crippen LogP contribution in [0.4, 0.5) is 14.5 Å². The van der Waals surface area contributed by atoms with Gasteiger partial charge in [-0.05, 0) is 29.8 Å². The smallest absolute Gasteiger partial charge is 0.165 e. The van der Waals surface area contributed by atoms with Crippen LogP contribution in [0.2, 0.25) is 5.02 Å². The molecule has 0 saturated heterocycles. The molecule has 100 valence electrons.